The van der Waals surface area contributed by atoms with E-state index in [1.807, 2.05) is 43.0 Å². The van der Waals surface area contributed by atoms with E-state index in [1.165, 1.54) is 4.88 Å². The molecule has 8 heteroatoms. The van der Waals surface area contributed by atoms with Gasteiger partial charge in [-0.3, -0.25) is 9.89 Å². The summed E-state index contributed by atoms with van der Waals surface area (Å²) in [7, 11) is 3.84. The zero-order chi connectivity index (χ0) is 20.4. The van der Waals surface area contributed by atoms with Crippen LogP contribution < -0.4 is 4.90 Å². The molecule has 3 aromatic heterocycles. The van der Waals surface area contributed by atoms with Crippen LogP contribution in [0, 0.1) is 5.92 Å². The van der Waals surface area contributed by atoms with Gasteiger partial charge in [-0.25, -0.2) is 9.97 Å². The molecule has 0 spiro atoms. The molecule has 29 heavy (non-hydrogen) atoms. The van der Waals surface area contributed by atoms with Crippen molar-refractivity contribution >= 4 is 23.2 Å². The fourth-order valence-corrected chi connectivity index (χ4v) is 4.73. The normalized spacial score (nSPS) is 17.5. The van der Waals surface area contributed by atoms with Gasteiger partial charge in [-0.1, -0.05) is 13.0 Å². The molecule has 3 aromatic rings. The predicted molar refractivity (Wildman–Crippen MR) is 115 cm³/mol. The number of amides is 1. The van der Waals surface area contributed by atoms with Crippen molar-refractivity contribution in [1.82, 2.24) is 25.1 Å². The molecule has 0 aromatic carbocycles. The molecule has 1 saturated heterocycles. The number of aromatic nitrogens is 4. The summed E-state index contributed by atoms with van der Waals surface area (Å²) in [5.74, 6) is 0.816. The molecule has 0 radical (unpaired) electrons. The van der Waals surface area contributed by atoms with Crippen LogP contribution in [0.1, 0.15) is 36.4 Å². The van der Waals surface area contributed by atoms with Crippen molar-refractivity contribution in [1.29, 1.82) is 0 Å². The molecule has 1 aliphatic heterocycles. The Balaban J connectivity index is 1.58. The highest BCUT2D eigenvalue weighted by molar-refractivity contribution is 7.09. The summed E-state index contributed by atoms with van der Waals surface area (Å²) >= 11 is 1.71. The van der Waals surface area contributed by atoms with Crippen molar-refractivity contribution in [3.8, 4) is 11.3 Å². The smallest absolute Gasteiger partial charge is 0.226 e. The molecule has 0 saturated carbocycles. The van der Waals surface area contributed by atoms with E-state index in [0.717, 1.165) is 42.8 Å². The largest absolute Gasteiger partial charge is 0.347 e. The minimum Gasteiger partial charge on any atom is -0.347 e. The van der Waals surface area contributed by atoms with Crippen molar-refractivity contribution in [3.05, 3.63) is 46.5 Å². The Hall–Kier alpha value is -2.74. The number of nitrogens with zero attached hydrogens (tertiary/aromatic N) is 5. The standard InChI is InChI=1S/C21H26N6OS/c1-14(12-15-6-5-11-29-15)20(28)27-10-4-7-18(27)19-16(13-23-25-19)17-8-9-22-21(24-17)26(2)3/h5-6,8-9,11,13-14,18H,4,7,10,12H2,1-3H3,(H,23,25). The summed E-state index contributed by atoms with van der Waals surface area (Å²) in [6, 6.07) is 6.03. The fraction of sp³-hybridized carbons (Fsp3) is 0.429. The third-order valence-electron chi connectivity index (χ3n) is 5.37. The van der Waals surface area contributed by atoms with Crippen LogP contribution in [0.2, 0.25) is 0 Å². The lowest BCUT2D eigenvalue weighted by atomic mass is 10.0. The minimum absolute atomic E-state index is 0.00329. The van der Waals surface area contributed by atoms with Crippen molar-refractivity contribution in [2.75, 3.05) is 25.5 Å². The van der Waals surface area contributed by atoms with Crippen molar-refractivity contribution in [3.63, 3.8) is 0 Å². The van der Waals surface area contributed by atoms with Gasteiger partial charge >= 0.3 is 0 Å². The fourth-order valence-electron chi connectivity index (χ4n) is 3.90. The number of aromatic amines is 1. The molecule has 0 aliphatic carbocycles. The first kappa shape index (κ1) is 19.6. The molecule has 1 amide bonds. The molecule has 2 atom stereocenters. The Morgan fingerprint density at radius 3 is 3.03 bits per heavy atom. The maximum atomic E-state index is 13.2. The Kier molecular flexibility index (Phi) is 5.62. The molecule has 7 nitrogen and oxygen atoms in total. The Morgan fingerprint density at radius 1 is 1.41 bits per heavy atom. The van der Waals surface area contributed by atoms with E-state index < -0.39 is 0 Å². The SMILES string of the molecule is CC(Cc1cccs1)C(=O)N1CCCC1c1[nH]ncc1-c1ccnc(N(C)C)n1. The summed E-state index contributed by atoms with van der Waals surface area (Å²) in [6.45, 7) is 2.81. The molecule has 1 aliphatic rings. The lowest BCUT2D eigenvalue weighted by molar-refractivity contribution is -0.136. The third-order valence-corrected chi connectivity index (χ3v) is 6.26. The number of nitrogens with one attached hydrogen (secondary N) is 1. The summed E-state index contributed by atoms with van der Waals surface area (Å²) in [5, 5.41) is 9.49. The highest BCUT2D eigenvalue weighted by Gasteiger charge is 2.35. The quantitative estimate of drug-likeness (QED) is 0.673. The third kappa shape index (κ3) is 4.03. The van der Waals surface area contributed by atoms with Gasteiger partial charge in [0.25, 0.3) is 0 Å². The first-order chi connectivity index (χ1) is 14.0. The van der Waals surface area contributed by atoms with Crippen LogP contribution in [0.4, 0.5) is 5.95 Å². The van der Waals surface area contributed by atoms with Gasteiger partial charge in [-0.2, -0.15) is 5.10 Å². The second kappa shape index (κ2) is 8.32. The monoisotopic (exact) mass is 410 g/mol. The predicted octanol–water partition coefficient (Wildman–Crippen LogP) is 3.54. The zero-order valence-corrected chi connectivity index (χ0v) is 17.8. The van der Waals surface area contributed by atoms with Gasteiger partial charge in [-0.15, -0.1) is 11.3 Å². The summed E-state index contributed by atoms with van der Waals surface area (Å²) < 4.78 is 0. The summed E-state index contributed by atoms with van der Waals surface area (Å²) in [5.41, 5.74) is 2.71. The van der Waals surface area contributed by atoms with Crippen LogP contribution >= 0.6 is 11.3 Å². The van der Waals surface area contributed by atoms with Gasteiger partial charge in [0.05, 0.1) is 23.6 Å². The average molecular weight is 411 g/mol. The molecule has 0 bridgehead atoms. The van der Waals surface area contributed by atoms with Crippen molar-refractivity contribution < 1.29 is 4.79 Å². The molecule has 1 N–H and O–H groups in total. The van der Waals surface area contributed by atoms with Gasteiger partial charge in [0.2, 0.25) is 11.9 Å². The van der Waals surface area contributed by atoms with Crippen LogP contribution in [0.25, 0.3) is 11.3 Å². The number of carbonyl (C=O) groups excluding carboxylic acids is 1. The first-order valence-electron chi connectivity index (χ1n) is 9.91. The van der Waals surface area contributed by atoms with Gasteiger partial charge in [0.15, 0.2) is 0 Å². The van der Waals surface area contributed by atoms with E-state index >= 15 is 0 Å². The maximum Gasteiger partial charge on any atom is 0.226 e. The van der Waals surface area contributed by atoms with E-state index in [2.05, 4.69) is 31.6 Å². The average Bonchev–Trinajstić information content (AvgIpc) is 3.47. The summed E-state index contributed by atoms with van der Waals surface area (Å²) in [6.07, 6.45) is 6.27. The number of H-pyrrole nitrogens is 1. The van der Waals surface area contributed by atoms with Gasteiger partial charge in [0.1, 0.15) is 0 Å². The van der Waals surface area contributed by atoms with Crippen LogP contribution in [0.15, 0.2) is 36.0 Å². The molecule has 2 unspecified atom stereocenters. The van der Waals surface area contributed by atoms with Crippen LogP contribution in [-0.4, -0.2) is 51.6 Å². The van der Waals surface area contributed by atoms with Gasteiger partial charge in [0, 0.05) is 43.2 Å². The van der Waals surface area contributed by atoms with E-state index in [1.54, 1.807) is 23.7 Å². The van der Waals surface area contributed by atoms with Crippen LogP contribution in [0.5, 0.6) is 0 Å². The molecular weight excluding hydrogens is 384 g/mol. The van der Waals surface area contributed by atoms with E-state index in [-0.39, 0.29) is 17.9 Å². The van der Waals surface area contributed by atoms with Gasteiger partial charge in [-0.05, 0) is 36.8 Å². The second-order valence-electron chi connectivity index (χ2n) is 7.71. The molecule has 152 valence electrons. The molecular formula is C21H26N6OS. The molecule has 4 rings (SSSR count). The van der Waals surface area contributed by atoms with Crippen molar-refractivity contribution in [2.45, 2.75) is 32.2 Å². The number of rotatable bonds is 6. The second-order valence-corrected chi connectivity index (χ2v) is 8.74. The minimum atomic E-state index is -0.0417. The van der Waals surface area contributed by atoms with Crippen LogP contribution in [0.3, 0.4) is 0 Å². The van der Waals surface area contributed by atoms with Crippen molar-refractivity contribution in [2.24, 2.45) is 5.92 Å². The number of thiophene rings is 1. The van der Waals surface area contributed by atoms with E-state index in [9.17, 15) is 4.79 Å². The highest BCUT2D eigenvalue weighted by Crippen LogP contribution is 2.37. The van der Waals surface area contributed by atoms with E-state index in [0.29, 0.717) is 5.95 Å². The van der Waals surface area contributed by atoms with E-state index in [4.69, 9.17) is 0 Å². The molecule has 4 heterocycles. The zero-order valence-electron chi connectivity index (χ0n) is 17.0. The lowest BCUT2D eigenvalue weighted by Crippen LogP contribution is -2.35. The van der Waals surface area contributed by atoms with Crippen LogP contribution in [-0.2, 0) is 11.2 Å². The number of carbonyl (C=O) groups is 1. The number of likely N-dealkylation sites (tertiary alicyclic amines) is 1. The number of hydrogen-bond acceptors (Lipinski definition) is 6. The number of anilines is 1. The highest BCUT2D eigenvalue weighted by atomic mass is 32.1. The topological polar surface area (TPSA) is 78.0 Å². The number of hydrogen-bond donors (Lipinski definition) is 1. The maximum absolute atomic E-state index is 13.2. The summed E-state index contributed by atoms with van der Waals surface area (Å²) in [4.78, 5) is 27.3. The Bertz CT molecular complexity index is 967. The lowest BCUT2D eigenvalue weighted by Gasteiger charge is -2.27. The Morgan fingerprint density at radius 2 is 2.28 bits per heavy atom. The Labute approximate surface area is 174 Å². The van der Waals surface area contributed by atoms with Gasteiger partial charge < -0.3 is 9.80 Å². The molecule has 1 fully saturated rings. The first-order valence-corrected chi connectivity index (χ1v) is 10.8.